The maximum absolute atomic E-state index is 13.4. The Morgan fingerprint density at radius 1 is 0.892 bits per heavy atom. The van der Waals surface area contributed by atoms with Crippen LogP contribution in [0.1, 0.15) is 27.8 Å². The Kier molecular flexibility index (Phi) is 7.56. The second-order valence-corrected chi connectivity index (χ2v) is 7.85. The van der Waals surface area contributed by atoms with E-state index in [1.807, 2.05) is 0 Å². The Bertz CT molecular complexity index is 1140. The van der Waals surface area contributed by atoms with Gasteiger partial charge in [0.2, 0.25) is 0 Å². The van der Waals surface area contributed by atoms with Crippen molar-refractivity contribution in [1.29, 1.82) is 0 Å². The van der Waals surface area contributed by atoms with Gasteiger partial charge in [0.1, 0.15) is 6.61 Å². The number of benzene rings is 2. The van der Waals surface area contributed by atoms with Crippen LogP contribution in [0.15, 0.2) is 36.4 Å². The molecule has 0 radical (unpaired) electrons. The maximum atomic E-state index is 13.4. The summed E-state index contributed by atoms with van der Waals surface area (Å²) in [5, 5.41) is 0. The molecule has 0 saturated carbocycles. The number of amides is 2. The molecule has 0 bridgehead atoms. The molecule has 202 valence electrons. The Morgan fingerprint density at radius 2 is 1.46 bits per heavy atom. The number of anilines is 1. The van der Waals surface area contributed by atoms with Crippen molar-refractivity contribution >= 4 is 17.9 Å². The highest BCUT2D eigenvalue weighted by Gasteiger charge is 2.38. The summed E-state index contributed by atoms with van der Waals surface area (Å²) in [6, 6.07) is 2.91. The summed E-state index contributed by atoms with van der Waals surface area (Å²) in [5.74, 6) is 0. The molecule has 0 spiro atoms. The van der Waals surface area contributed by atoms with Crippen molar-refractivity contribution in [2.45, 2.75) is 31.6 Å². The third-order valence-corrected chi connectivity index (χ3v) is 5.27. The van der Waals surface area contributed by atoms with Gasteiger partial charge in [-0.25, -0.2) is 9.59 Å². The Balaban J connectivity index is 2.07. The molecule has 2 aromatic rings. The lowest BCUT2D eigenvalue weighted by molar-refractivity contribution is -0.143. The van der Waals surface area contributed by atoms with E-state index in [1.54, 1.807) is 0 Å². The largest absolute Gasteiger partial charge is 0.453 e. The molecule has 0 aromatic heterocycles. The van der Waals surface area contributed by atoms with Gasteiger partial charge in [0.05, 0.1) is 42.6 Å². The second kappa shape index (κ2) is 10.0. The molecule has 15 heteroatoms. The number of alkyl halides is 9. The molecule has 1 fully saturated rings. The number of ether oxygens (including phenoxy) is 2. The summed E-state index contributed by atoms with van der Waals surface area (Å²) in [7, 11) is 0.869. The molecule has 1 saturated heterocycles. The van der Waals surface area contributed by atoms with Gasteiger partial charge in [-0.3, -0.25) is 9.80 Å². The molecule has 37 heavy (non-hydrogen) atoms. The molecule has 3 rings (SSSR count). The van der Waals surface area contributed by atoms with E-state index >= 15 is 0 Å². The van der Waals surface area contributed by atoms with Gasteiger partial charge in [-0.2, -0.15) is 39.5 Å². The van der Waals surface area contributed by atoms with E-state index in [0.29, 0.717) is 29.2 Å². The number of hydrogen-bond donors (Lipinski definition) is 0. The first-order valence-electron chi connectivity index (χ1n) is 10.3. The molecule has 1 aliphatic heterocycles. The zero-order valence-electron chi connectivity index (χ0n) is 18.7. The minimum absolute atomic E-state index is 0.0437. The van der Waals surface area contributed by atoms with Crippen LogP contribution in [0.4, 0.5) is 54.8 Å². The zero-order chi connectivity index (χ0) is 27.8. The van der Waals surface area contributed by atoms with Crippen molar-refractivity contribution in [2.24, 2.45) is 0 Å². The fourth-order valence-electron chi connectivity index (χ4n) is 3.61. The smallest absolute Gasteiger partial charge is 0.416 e. The number of hydrogen-bond acceptors (Lipinski definition) is 4. The Labute approximate surface area is 203 Å². The van der Waals surface area contributed by atoms with Crippen LogP contribution >= 0.6 is 0 Å². The van der Waals surface area contributed by atoms with Crippen LogP contribution in [0.25, 0.3) is 0 Å². The van der Waals surface area contributed by atoms with Crippen LogP contribution in [-0.4, -0.2) is 37.3 Å². The van der Waals surface area contributed by atoms with Gasteiger partial charge in [0.15, 0.2) is 0 Å². The predicted molar refractivity (Wildman–Crippen MR) is 108 cm³/mol. The Hall–Kier alpha value is -3.65. The molecule has 0 unspecified atom stereocenters. The van der Waals surface area contributed by atoms with Gasteiger partial charge in [0.25, 0.3) is 0 Å². The minimum atomic E-state index is -5.16. The van der Waals surface area contributed by atoms with Crippen LogP contribution < -0.4 is 4.90 Å². The van der Waals surface area contributed by atoms with Crippen molar-refractivity contribution in [3.05, 3.63) is 64.2 Å². The van der Waals surface area contributed by atoms with E-state index in [2.05, 4.69) is 4.74 Å². The monoisotopic (exact) mass is 544 g/mol. The topological polar surface area (TPSA) is 59.1 Å². The number of rotatable bonds is 5. The molecule has 2 aromatic carbocycles. The summed E-state index contributed by atoms with van der Waals surface area (Å²) < 4.78 is 129. The second-order valence-electron chi connectivity index (χ2n) is 7.85. The van der Waals surface area contributed by atoms with Gasteiger partial charge in [-0.1, -0.05) is 0 Å². The normalized spacial score (nSPS) is 14.5. The van der Waals surface area contributed by atoms with Crippen molar-refractivity contribution in [1.82, 2.24) is 4.90 Å². The number of carbonyl (C=O) groups excluding carboxylic acids is 2. The van der Waals surface area contributed by atoms with Crippen LogP contribution in [0.3, 0.4) is 0 Å². The third-order valence-electron chi connectivity index (χ3n) is 5.27. The average Bonchev–Trinajstić information content (AvgIpc) is 3.21. The highest BCUT2D eigenvalue weighted by Crippen LogP contribution is 2.38. The molecule has 0 N–H and O–H groups in total. The van der Waals surface area contributed by atoms with Crippen molar-refractivity contribution in [3.63, 3.8) is 0 Å². The first-order chi connectivity index (χ1) is 17.0. The molecular weight excluding hydrogens is 527 g/mol. The van der Waals surface area contributed by atoms with E-state index in [9.17, 15) is 49.1 Å². The summed E-state index contributed by atoms with van der Waals surface area (Å²) in [6.45, 7) is -1.77. The predicted octanol–water partition coefficient (Wildman–Crippen LogP) is 6.47. The minimum Gasteiger partial charge on any atom is -0.453 e. The van der Waals surface area contributed by atoms with E-state index in [1.165, 1.54) is 0 Å². The fraction of sp³-hybridized carbons (Fsp3) is 0.364. The lowest BCUT2D eigenvalue weighted by Gasteiger charge is -2.26. The van der Waals surface area contributed by atoms with E-state index in [4.69, 9.17) is 4.74 Å². The molecular formula is C22H17F9N2O4. The summed E-state index contributed by atoms with van der Waals surface area (Å²) in [5.41, 5.74) is -5.42. The summed E-state index contributed by atoms with van der Waals surface area (Å²) in [6.07, 6.45) is -17.3. The molecule has 2 amide bonds. The van der Waals surface area contributed by atoms with Gasteiger partial charge < -0.3 is 9.47 Å². The van der Waals surface area contributed by atoms with Crippen molar-refractivity contribution in [3.8, 4) is 0 Å². The van der Waals surface area contributed by atoms with Crippen LogP contribution in [0.5, 0.6) is 0 Å². The fourth-order valence-corrected chi connectivity index (χ4v) is 3.61. The quantitative estimate of drug-likeness (QED) is 0.405. The number of carbonyl (C=O) groups is 2. The molecule has 0 atom stereocenters. The summed E-state index contributed by atoms with van der Waals surface area (Å²) >= 11 is 0. The highest BCUT2D eigenvalue weighted by atomic mass is 19.4. The van der Waals surface area contributed by atoms with Crippen LogP contribution in [0, 0.1) is 0 Å². The lowest BCUT2D eigenvalue weighted by Crippen LogP contribution is -2.32. The molecule has 1 heterocycles. The SMILES string of the molecule is COC(=O)N(Cc1cc(C(F)(F)F)cc(C(F)(F)F)c1)Cc1cc(C(F)(F)F)ccc1N1CCOC1=O. The van der Waals surface area contributed by atoms with Crippen molar-refractivity contribution < 1.29 is 58.6 Å². The van der Waals surface area contributed by atoms with Gasteiger partial charge in [0, 0.05) is 6.54 Å². The van der Waals surface area contributed by atoms with Gasteiger partial charge in [-0.05, 0) is 47.5 Å². The van der Waals surface area contributed by atoms with Crippen LogP contribution in [0.2, 0.25) is 0 Å². The highest BCUT2D eigenvalue weighted by molar-refractivity contribution is 5.90. The number of halogens is 9. The van der Waals surface area contributed by atoms with E-state index < -0.39 is 66.1 Å². The zero-order valence-corrected chi connectivity index (χ0v) is 18.7. The Morgan fingerprint density at radius 3 is 1.92 bits per heavy atom. The number of nitrogens with zero attached hydrogens (tertiary/aromatic N) is 2. The summed E-state index contributed by atoms with van der Waals surface area (Å²) in [4.78, 5) is 26.0. The molecule has 0 aliphatic carbocycles. The third kappa shape index (κ3) is 6.57. The van der Waals surface area contributed by atoms with Crippen molar-refractivity contribution in [2.75, 3.05) is 25.2 Å². The first kappa shape index (κ1) is 27.9. The van der Waals surface area contributed by atoms with Crippen LogP contribution in [-0.2, 0) is 41.1 Å². The maximum Gasteiger partial charge on any atom is 0.416 e. The number of methoxy groups -OCH3 is 1. The average molecular weight is 544 g/mol. The number of cyclic esters (lactones) is 1. The lowest BCUT2D eigenvalue weighted by atomic mass is 10.0. The first-order valence-corrected chi connectivity index (χ1v) is 10.3. The van der Waals surface area contributed by atoms with E-state index in [-0.39, 0.29) is 30.5 Å². The van der Waals surface area contributed by atoms with Gasteiger partial charge >= 0.3 is 30.7 Å². The van der Waals surface area contributed by atoms with E-state index in [0.717, 1.165) is 18.1 Å². The molecule has 1 aliphatic rings. The van der Waals surface area contributed by atoms with Gasteiger partial charge in [-0.15, -0.1) is 0 Å². The molecule has 6 nitrogen and oxygen atoms in total. The standard InChI is InChI=1S/C22H17F9N2O4/c1-36-18(34)32(10-12-6-15(21(26,27)28)9-16(7-12)22(29,30)31)11-13-8-14(20(23,24)25)2-3-17(13)33-4-5-37-19(33)35/h2-3,6-9H,4-5,10-11H2,1H3.